The number of halogens is 1. The molecule has 172 valence electrons. The van der Waals surface area contributed by atoms with Crippen LogP contribution in [-0.4, -0.2) is 53.6 Å². The van der Waals surface area contributed by atoms with Crippen molar-refractivity contribution in [1.29, 1.82) is 0 Å². The monoisotopic (exact) mass is 464 g/mol. The zero-order valence-electron chi connectivity index (χ0n) is 18.8. The van der Waals surface area contributed by atoms with Gasteiger partial charge in [0.1, 0.15) is 12.0 Å². The van der Waals surface area contributed by atoms with Gasteiger partial charge in [-0.05, 0) is 43.5 Å². The predicted molar refractivity (Wildman–Crippen MR) is 133 cm³/mol. The molecule has 3 aliphatic rings. The van der Waals surface area contributed by atoms with Gasteiger partial charge in [0, 0.05) is 35.7 Å². The van der Waals surface area contributed by atoms with Crippen molar-refractivity contribution in [2.24, 2.45) is 10.1 Å². The zero-order chi connectivity index (χ0) is 22.5. The molecule has 6 rings (SSSR count). The first-order valence-electron chi connectivity index (χ1n) is 11.7. The summed E-state index contributed by atoms with van der Waals surface area (Å²) in [7, 11) is -0.0949. The molecule has 3 aromatic rings. The summed E-state index contributed by atoms with van der Waals surface area (Å²) in [5.41, 5.74) is 9.33. The molecule has 0 amide bonds. The summed E-state index contributed by atoms with van der Waals surface area (Å²) in [5.74, 6) is 2.46. The molecule has 0 bridgehead atoms. The van der Waals surface area contributed by atoms with Crippen molar-refractivity contribution in [2.75, 3.05) is 35.2 Å². The van der Waals surface area contributed by atoms with Crippen LogP contribution in [0.5, 0.6) is 0 Å². The largest absolute Gasteiger partial charge is 0.351 e. The van der Waals surface area contributed by atoms with E-state index in [-0.39, 0.29) is 17.2 Å². The molecule has 3 atom stereocenters. The average Bonchev–Trinajstić information content (AvgIpc) is 3.60. The maximum Gasteiger partial charge on any atom is 0.228 e. The van der Waals surface area contributed by atoms with Crippen LogP contribution in [0.4, 0.5) is 16.2 Å². The van der Waals surface area contributed by atoms with Crippen LogP contribution in [0.3, 0.4) is 0 Å². The van der Waals surface area contributed by atoms with Crippen molar-refractivity contribution in [1.82, 2.24) is 9.97 Å². The topological polar surface area (TPSA) is 70.6 Å². The number of fused-ring (bicyclic) bond motifs is 2. The number of anilines is 2. The third-order valence-corrected chi connectivity index (χ3v) is 8.69. The van der Waals surface area contributed by atoms with Crippen molar-refractivity contribution in [3.8, 4) is 0 Å². The molecule has 1 aromatic heterocycles. The Labute approximate surface area is 196 Å². The van der Waals surface area contributed by atoms with Gasteiger partial charge in [-0.25, -0.2) is 9.37 Å². The second-order valence-electron chi connectivity index (χ2n) is 9.39. The number of alkyl halides is 1. The number of aromatic nitrogens is 2. The molecule has 0 spiro atoms. The van der Waals surface area contributed by atoms with E-state index in [9.17, 15) is 4.39 Å². The molecule has 1 saturated carbocycles. The highest BCUT2D eigenvalue weighted by Crippen LogP contribution is 2.33. The summed E-state index contributed by atoms with van der Waals surface area (Å²) in [5, 5.41) is 0.957. The Morgan fingerprint density at radius 2 is 1.94 bits per heavy atom. The van der Waals surface area contributed by atoms with E-state index in [1.165, 1.54) is 23.3 Å². The first-order chi connectivity index (χ1) is 16.0. The van der Waals surface area contributed by atoms with E-state index in [0.717, 1.165) is 41.1 Å². The van der Waals surface area contributed by atoms with Gasteiger partial charge in [0.05, 0.1) is 24.1 Å². The molecule has 8 heteroatoms. The van der Waals surface area contributed by atoms with Crippen LogP contribution >= 0.6 is 0 Å². The number of hydrogen-bond acceptors (Lipinski definition) is 6. The Balaban J connectivity index is 1.42. The van der Waals surface area contributed by atoms with Crippen LogP contribution < -0.4 is 15.5 Å². The molecule has 3 heterocycles. The molecule has 33 heavy (non-hydrogen) atoms. The normalized spacial score (nSPS) is 25.5. The van der Waals surface area contributed by atoms with Gasteiger partial charge in [-0.15, -0.1) is 0 Å². The SMILES string of the molecule is Cc1ccc2nc(N3CCS(=NC4CC4)c4ccccc4C3)nc(N3C[C@H](N)[C@@H](F)C3)c2c1. The maximum atomic E-state index is 14.3. The van der Waals surface area contributed by atoms with Gasteiger partial charge in [-0.1, -0.05) is 40.5 Å². The van der Waals surface area contributed by atoms with Crippen molar-refractivity contribution < 1.29 is 4.39 Å². The van der Waals surface area contributed by atoms with Gasteiger partial charge < -0.3 is 15.5 Å². The molecular formula is C25H29FN6S. The van der Waals surface area contributed by atoms with E-state index in [4.69, 9.17) is 20.1 Å². The second-order valence-corrected chi connectivity index (χ2v) is 11.2. The van der Waals surface area contributed by atoms with E-state index in [1.54, 1.807) is 0 Å². The quantitative estimate of drug-likeness (QED) is 0.639. The fourth-order valence-electron chi connectivity index (χ4n) is 4.65. The van der Waals surface area contributed by atoms with Crippen molar-refractivity contribution in [2.45, 2.75) is 49.5 Å². The number of nitrogens with two attached hydrogens (primary N) is 1. The van der Waals surface area contributed by atoms with E-state index in [2.05, 4.69) is 48.2 Å². The fraction of sp³-hybridized carbons (Fsp3) is 0.440. The summed E-state index contributed by atoms with van der Waals surface area (Å²) in [6.07, 6.45) is 1.40. The summed E-state index contributed by atoms with van der Waals surface area (Å²) in [6, 6.07) is 14.9. The number of nitrogens with zero attached hydrogens (tertiary/aromatic N) is 5. The Kier molecular flexibility index (Phi) is 5.30. The molecule has 2 aromatic carbocycles. The van der Waals surface area contributed by atoms with E-state index >= 15 is 0 Å². The molecule has 2 fully saturated rings. The summed E-state index contributed by atoms with van der Waals surface area (Å²) >= 11 is 0. The van der Waals surface area contributed by atoms with Crippen molar-refractivity contribution in [3.63, 3.8) is 0 Å². The molecule has 6 nitrogen and oxygen atoms in total. The van der Waals surface area contributed by atoms with Gasteiger partial charge in [0.15, 0.2) is 0 Å². The Morgan fingerprint density at radius 3 is 2.73 bits per heavy atom. The Hall–Kier alpha value is -2.58. The lowest BCUT2D eigenvalue weighted by molar-refractivity contribution is 0.333. The van der Waals surface area contributed by atoms with Crippen LogP contribution in [0.15, 0.2) is 51.7 Å². The van der Waals surface area contributed by atoms with Crippen molar-refractivity contribution >= 4 is 33.4 Å². The zero-order valence-corrected chi connectivity index (χ0v) is 19.6. The van der Waals surface area contributed by atoms with Crippen LogP contribution in [0.25, 0.3) is 10.9 Å². The fourth-order valence-corrected chi connectivity index (χ4v) is 6.73. The number of hydrogen-bond donors (Lipinski definition) is 1. The maximum absolute atomic E-state index is 14.3. The summed E-state index contributed by atoms with van der Waals surface area (Å²) in [4.78, 5) is 15.6. The van der Waals surface area contributed by atoms with Crippen LogP contribution in [0, 0.1) is 6.92 Å². The highest BCUT2D eigenvalue weighted by molar-refractivity contribution is 7.87. The number of aryl methyl sites for hydroxylation is 1. The second kappa shape index (κ2) is 8.33. The highest BCUT2D eigenvalue weighted by atomic mass is 32.2. The molecule has 1 unspecified atom stereocenters. The predicted octanol–water partition coefficient (Wildman–Crippen LogP) is 3.77. The average molecular weight is 465 g/mol. The first-order valence-corrected chi connectivity index (χ1v) is 13.1. The molecule has 0 radical (unpaired) electrons. The minimum Gasteiger partial charge on any atom is -0.351 e. The van der Waals surface area contributed by atoms with Gasteiger partial charge >= 0.3 is 0 Å². The summed E-state index contributed by atoms with van der Waals surface area (Å²) in [6.45, 7) is 4.39. The van der Waals surface area contributed by atoms with Gasteiger partial charge in [-0.2, -0.15) is 4.98 Å². The van der Waals surface area contributed by atoms with E-state index in [0.29, 0.717) is 18.5 Å². The number of rotatable bonds is 3. The number of benzene rings is 2. The first kappa shape index (κ1) is 21.0. The van der Waals surface area contributed by atoms with Crippen LogP contribution in [-0.2, 0) is 17.2 Å². The molecular weight excluding hydrogens is 435 g/mol. The Morgan fingerprint density at radius 1 is 1.09 bits per heavy atom. The van der Waals surface area contributed by atoms with E-state index < -0.39 is 12.2 Å². The van der Waals surface area contributed by atoms with Gasteiger partial charge in [0.25, 0.3) is 0 Å². The third kappa shape index (κ3) is 4.10. The molecule has 2 N–H and O–H groups in total. The smallest absolute Gasteiger partial charge is 0.228 e. The molecule has 2 aliphatic heterocycles. The van der Waals surface area contributed by atoms with Gasteiger partial charge in [0.2, 0.25) is 5.95 Å². The summed E-state index contributed by atoms with van der Waals surface area (Å²) < 4.78 is 19.5. The lowest BCUT2D eigenvalue weighted by Crippen LogP contribution is -2.31. The molecule has 1 saturated heterocycles. The standard InChI is InChI=1S/C25H29FN6S/c1-16-6-9-22-19(12-16)24(32-14-20(26)21(27)15-32)29-25(28-22)31-10-11-33(30-18-7-8-18)23-5-3-2-4-17(23)13-31/h2-6,9,12,18,20-21H,7-8,10-11,13-15,27H2,1H3/t20-,21-,33?/m0/s1. The highest BCUT2D eigenvalue weighted by Gasteiger charge is 2.32. The third-order valence-electron chi connectivity index (χ3n) is 6.66. The van der Waals surface area contributed by atoms with Gasteiger partial charge in [-0.3, -0.25) is 4.36 Å². The van der Waals surface area contributed by atoms with Crippen LogP contribution in [0.2, 0.25) is 0 Å². The van der Waals surface area contributed by atoms with E-state index in [1.807, 2.05) is 11.0 Å². The molecule has 1 aliphatic carbocycles. The van der Waals surface area contributed by atoms with Crippen molar-refractivity contribution in [3.05, 3.63) is 53.6 Å². The minimum absolute atomic E-state index is 0.0949. The lowest BCUT2D eigenvalue weighted by Gasteiger charge is -2.25. The minimum atomic E-state index is -1.04. The van der Waals surface area contributed by atoms with Crippen LogP contribution in [0.1, 0.15) is 24.0 Å². The Bertz CT molecular complexity index is 1230. The lowest BCUT2D eigenvalue weighted by atomic mass is 10.1.